The van der Waals surface area contributed by atoms with Gasteiger partial charge >= 0.3 is 0 Å². The Hall–Kier alpha value is -2.34. The number of rotatable bonds is 9. The van der Waals surface area contributed by atoms with Crippen molar-refractivity contribution in [3.8, 4) is 5.82 Å². The molecule has 3 rings (SSSR count). The summed E-state index contributed by atoms with van der Waals surface area (Å²) in [4.78, 5) is 32.4. The van der Waals surface area contributed by atoms with Crippen LogP contribution in [0.5, 0.6) is 0 Å². The molecule has 0 saturated heterocycles. The topological polar surface area (TPSA) is 92.2 Å². The molecule has 8 nitrogen and oxygen atoms in total. The van der Waals surface area contributed by atoms with Crippen LogP contribution in [0.1, 0.15) is 40.3 Å². The predicted octanol–water partition coefficient (Wildman–Crippen LogP) is 5.22. The average Bonchev–Trinajstić information content (AvgIpc) is 3.19. The molecule has 0 saturated carbocycles. The Kier molecular flexibility index (Phi) is 9.40. The molecule has 2 N–H and O–H groups in total. The molecule has 2 aromatic heterocycles. The highest BCUT2D eigenvalue weighted by atomic mass is 79.9. The summed E-state index contributed by atoms with van der Waals surface area (Å²) in [6.07, 6.45) is 1.26. The predicted molar refractivity (Wildman–Crippen MR) is 141 cm³/mol. The number of halogens is 4. The van der Waals surface area contributed by atoms with Gasteiger partial charge in [-0.2, -0.15) is 5.10 Å². The lowest BCUT2D eigenvalue weighted by molar-refractivity contribution is 0.0949. The second kappa shape index (κ2) is 12.1. The van der Waals surface area contributed by atoms with Gasteiger partial charge < -0.3 is 15.5 Å². The van der Waals surface area contributed by atoms with E-state index in [9.17, 15) is 14.0 Å². The number of aryl methyl sites for hydroxylation is 1. The minimum absolute atomic E-state index is 0.0146. The van der Waals surface area contributed by atoms with Crippen LogP contribution in [-0.2, 0) is 0 Å². The molecular formula is C23H24Br2ClFN6O2. The van der Waals surface area contributed by atoms with Crippen LogP contribution < -0.4 is 10.6 Å². The normalized spacial score (nSPS) is 11.1. The molecule has 2 heterocycles. The largest absolute Gasteiger partial charge is 0.351 e. The van der Waals surface area contributed by atoms with E-state index < -0.39 is 11.7 Å². The van der Waals surface area contributed by atoms with Gasteiger partial charge in [0.05, 0.1) is 16.3 Å². The molecule has 0 aliphatic heterocycles. The maximum atomic E-state index is 14.5. The van der Waals surface area contributed by atoms with Gasteiger partial charge in [0.15, 0.2) is 11.6 Å². The Morgan fingerprint density at radius 3 is 2.51 bits per heavy atom. The Labute approximate surface area is 224 Å². The summed E-state index contributed by atoms with van der Waals surface area (Å²) in [6, 6.07) is 5.95. The molecule has 0 bridgehead atoms. The summed E-state index contributed by atoms with van der Waals surface area (Å²) in [5.41, 5.74) is 1.32. The number of anilines is 1. The van der Waals surface area contributed by atoms with Crippen LogP contribution in [0, 0.1) is 12.7 Å². The molecular weight excluding hydrogens is 607 g/mol. The quantitative estimate of drug-likeness (QED) is 0.339. The SMILES string of the molecule is CCN(CC)CCNC(=O)c1cc(Br)cc(C)c1NC(=O)c1cc(Br)nn1-c1ncc(Cl)cc1F. The first kappa shape index (κ1) is 27.3. The lowest BCUT2D eigenvalue weighted by Gasteiger charge is -2.19. The van der Waals surface area contributed by atoms with Crippen molar-refractivity contribution >= 4 is 61.0 Å². The Morgan fingerprint density at radius 1 is 1.14 bits per heavy atom. The van der Waals surface area contributed by atoms with Gasteiger partial charge in [0.2, 0.25) is 0 Å². The van der Waals surface area contributed by atoms with Gasteiger partial charge in [-0.1, -0.05) is 41.4 Å². The van der Waals surface area contributed by atoms with Crippen molar-refractivity contribution in [1.82, 2.24) is 25.0 Å². The number of hydrogen-bond donors (Lipinski definition) is 2. The molecule has 12 heteroatoms. The minimum Gasteiger partial charge on any atom is -0.351 e. The van der Waals surface area contributed by atoms with Gasteiger partial charge in [0.25, 0.3) is 11.8 Å². The minimum atomic E-state index is -0.741. The van der Waals surface area contributed by atoms with Crippen molar-refractivity contribution in [1.29, 1.82) is 0 Å². The molecule has 0 spiro atoms. The zero-order chi connectivity index (χ0) is 25.7. The molecule has 0 radical (unpaired) electrons. The number of nitrogens with one attached hydrogen (secondary N) is 2. The number of hydrogen-bond acceptors (Lipinski definition) is 5. The van der Waals surface area contributed by atoms with E-state index in [1.54, 1.807) is 19.1 Å². The van der Waals surface area contributed by atoms with Crippen LogP contribution in [0.25, 0.3) is 5.82 Å². The van der Waals surface area contributed by atoms with Crippen molar-refractivity contribution in [2.45, 2.75) is 20.8 Å². The maximum absolute atomic E-state index is 14.5. The van der Waals surface area contributed by atoms with Gasteiger partial charge in [-0.3, -0.25) is 9.59 Å². The lowest BCUT2D eigenvalue weighted by Crippen LogP contribution is -2.35. The van der Waals surface area contributed by atoms with E-state index >= 15 is 0 Å². The number of carbonyl (C=O) groups excluding carboxylic acids is 2. The Morgan fingerprint density at radius 2 is 1.86 bits per heavy atom. The summed E-state index contributed by atoms with van der Waals surface area (Å²) in [5.74, 6) is -1.85. The highest BCUT2D eigenvalue weighted by Gasteiger charge is 2.23. The second-order valence-electron chi connectivity index (χ2n) is 7.61. The first-order chi connectivity index (χ1) is 16.6. The fourth-order valence-electron chi connectivity index (χ4n) is 3.47. The Balaban J connectivity index is 1.90. The van der Waals surface area contributed by atoms with E-state index in [1.807, 2.05) is 0 Å². The third kappa shape index (κ3) is 6.66. The summed E-state index contributed by atoms with van der Waals surface area (Å²) in [5, 5.41) is 9.95. The number of likely N-dealkylation sites (N-methyl/N-ethyl adjacent to an activating group) is 1. The molecule has 1 aromatic carbocycles. The van der Waals surface area contributed by atoms with Gasteiger partial charge in [0, 0.05) is 29.8 Å². The van der Waals surface area contributed by atoms with Crippen LogP contribution in [0.15, 0.2) is 39.5 Å². The number of amides is 2. The summed E-state index contributed by atoms with van der Waals surface area (Å²) >= 11 is 12.4. The van der Waals surface area contributed by atoms with Crippen molar-refractivity contribution in [2.75, 3.05) is 31.5 Å². The number of benzene rings is 1. The average molecular weight is 631 g/mol. The van der Waals surface area contributed by atoms with E-state index in [4.69, 9.17) is 11.6 Å². The fourth-order valence-corrected chi connectivity index (χ4v) is 4.56. The zero-order valence-corrected chi connectivity index (χ0v) is 23.3. The summed E-state index contributed by atoms with van der Waals surface area (Å²) < 4.78 is 16.6. The van der Waals surface area contributed by atoms with Crippen LogP contribution in [0.3, 0.4) is 0 Å². The molecule has 3 aromatic rings. The van der Waals surface area contributed by atoms with Crippen molar-refractivity contribution in [3.63, 3.8) is 0 Å². The number of nitrogens with zero attached hydrogens (tertiary/aromatic N) is 4. The number of pyridine rings is 1. The first-order valence-corrected chi connectivity index (χ1v) is 12.8. The van der Waals surface area contributed by atoms with Crippen LogP contribution in [0.4, 0.5) is 10.1 Å². The van der Waals surface area contributed by atoms with E-state index in [1.165, 1.54) is 12.3 Å². The molecule has 0 unspecified atom stereocenters. The monoisotopic (exact) mass is 628 g/mol. The maximum Gasteiger partial charge on any atom is 0.274 e. The summed E-state index contributed by atoms with van der Waals surface area (Å²) in [7, 11) is 0. The van der Waals surface area contributed by atoms with E-state index in [0.29, 0.717) is 39.0 Å². The molecule has 2 amide bonds. The molecule has 186 valence electrons. The molecule has 0 fully saturated rings. The lowest BCUT2D eigenvalue weighted by atomic mass is 10.1. The number of carbonyl (C=O) groups is 2. The molecule has 0 aliphatic rings. The zero-order valence-electron chi connectivity index (χ0n) is 19.3. The third-order valence-corrected chi connectivity index (χ3v) is 6.34. The van der Waals surface area contributed by atoms with Crippen LogP contribution >= 0.6 is 43.5 Å². The standard InChI is InChI=1S/C23H24Br2ClFN6O2/c1-4-32(5-2)7-6-28-22(34)16-9-14(24)8-13(3)20(16)30-23(35)18-11-19(25)31-33(18)21-17(27)10-15(26)12-29-21/h8-12H,4-7H2,1-3H3,(H,28,34)(H,30,35). The van der Waals surface area contributed by atoms with Crippen molar-refractivity contribution in [2.24, 2.45) is 0 Å². The van der Waals surface area contributed by atoms with Gasteiger partial charge in [0.1, 0.15) is 10.3 Å². The number of aromatic nitrogens is 3. The summed E-state index contributed by atoms with van der Waals surface area (Å²) in [6.45, 7) is 8.84. The van der Waals surface area contributed by atoms with Crippen LogP contribution in [0.2, 0.25) is 5.02 Å². The van der Waals surface area contributed by atoms with Crippen molar-refractivity contribution < 1.29 is 14.0 Å². The van der Waals surface area contributed by atoms with E-state index in [0.717, 1.165) is 23.8 Å². The molecule has 0 atom stereocenters. The highest BCUT2D eigenvalue weighted by Crippen LogP contribution is 2.27. The van der Waals surface area contributed by atoms with Gasteiger partial charge in [-0.05, 0) is 59.7 Å². The molecule has 35 heavy (non-hydrogen) atoms. The van der Waals surface area contributed by atoms with Gasteiger partial charge in [-0.25, -0.2) is 14.1 Å². The van der Waals surface area contributed by atoms with Crippen molar-refractivity contribution in [3.05, 3.63) is 67.2 Å². The third-order valence-electron chi connectivity index (χ3n) is 5.29. The van der Waals surface area contributed by atoms with Gasteiger partial charge in [-0.15, -0.1) is 0 Å². The molecule has 0 aliphatic carbocycles. The smallest absolute Gasteiger partial charge is 0.274 e. The van der Waals surface area contributed by atoms with Crippen LogP contribution in [-0.4, -0.2) is 57.7 Å². The fraction of sp³-hybridized carbons (Fsp3) is 0.304. The first-order valence-electron chi connectivity index (χ1n) is 10.8. The van der Waals surface area contributed by atoms with E-state index in [-0.39, 0.29) is 22.4 Å². The highest BCUT2D eigenvalue weighted by molar-refractivity contribution is 9.10. The Bertz CT molecular complexity index is 1250. The second-order valence-corrected chi connectivity index (χ2v) is 9.77. The van der Waals surface area contributed by atoms with E-state index in [2.05, 4.69) is 71.3 Å².